The number of phenolic OH excluding ortho intramolecular Hbond substituents is 2. The molecule has 4 aromatic carbocycles. The Hall–Kier alpha value is -6.09. The van der Waals surface area contributed by atoms with Gasteiger partial charge in [-0.05, 0) is 72.5 Å². The van der Waals surface area contributed by atoms with Crippen molar-refractivity contribution in [2.24, 2.45) is 5.73 Å². The van der Waals surface area contributed by atoms with E-state index in [2.05, 4.69) is 5.32 Å². The molecule has 0 saturated carbocycles. The molecule has 54 heavy (non-hydrogen) atoms. The summed E-state index contributed by atoms with van der Waals surface area (Å²) in [6, 6.07) is 18.1. The fourth-order valence-corrected chi connectivity index (χ4v) is 5.41. The maximum absolute atomic E-state index is 14.5. The first kappa shape index (κ1) is 40.7. The van der Waals surface area contributed by atoms with Crippen LogP contribution in [0.4, 0.5) is 29.7 Å². The molecule has 2 aliphatic rings. The number of amides is 3. The van der Waals surface area contributed by atoms with E-state index in [-0.39, 0.29) is 74.0 Å². The topological polar surface area (TPSA) is 173 Å². The third kappa shape index (κ3) is 9.86. The van der Waals surface area contributed by atoms with Crippen molar-refractivity contribution in [2.45, 2.75) is 53.2 Å². The molecule has 2 aliphatic heterocycles. The van der Waals surface area contributed by atoms with Gasteiger partial charge >= 0.3 is 12.2 Å². The lowest BCUT2D eigenvalue weighted by atomic mass is 10.1. The van der Waals surface area contributed by atoms with Crippen LogP contribution in [0.1, 0.15) is 39.3 Å². The number of aryl methyl sites for hydroxylation is 2. The third-order valence-corrected chi connectivity index (χ3v) is 8.35. The van der Waals surface area contributed by atoms with Gasteiger partial charge in [-0.3, -0.25) is 14.6 Å². The number of halogens is 2. The van der Waals surface area contributed by atoms with Crippen LogP contribution in [0.3, 0.4) is 0 Å². The molecule has 3 amide bonds. The maximum Gasteiger partial charge on any atom is 0.414 e. The Morgan fingerprint density at radius 2 is 1.19 bits per heavy atom. The minimum atomic E-state index is -0.686. The van der Waals surface area contributed by atoms with Crippen LogP contribution in [0.15, 0.2) is 72.8 Å². The predicted octanol–water partition coefficient (Wildman–Crippen LogP) is 7.15. The van der Waals surface area contributed by atoms with Crippen molar-refractivity contribution in [2.75, 3.05) is 36.0 Å². The van der Waals surface area contributed by atoms with Crippen molar-refractivity contribution in [3.05, 3.63) is 95.6 Å². The number of ether oxygens (including phenoxy) is 4. The molecule has 15 heteroatoms. The first-order chi connectivity index (χ1) is 25.4. The SMILES string of the molecule is C.CCc1ccc(Oc2ccc(N3CC(CN)OC3=O)cc2F)c(O)c1.CCc1ccc(Oc2ccc(N3CC(CNC(C)=O)OC3=O)cc2F)c(O)c1. The molecule has 2 unspecified atom stereocenters. The third-order valence-electron chi connectivity index (χ3n) is 8.35. The number of rotatable bonds is 11. The molecule has 0 spiro atoms. The Morgan fingerprint density at radius 3 is 1.56 bits per heavy atom. The number of hydrogen-bond donors (Lipinski definition) is 4. The number of nitrogens with two attached hydrogens (primary N) is 1. The molecule has 0 bridgehead atoms. The zero-order valence-corrected chi connectivity index (χ0v) is 29.3. The predicted molar refractivity (Wildman–Crippen MR) is 198 cm³/mol. The van der Waals surface area contributed by atoms with E-state index in [0.29, 0.717) is 11.4 Å². The van der Waals surface area contributed by atoms with Gasteiger partial charge in [0.15, 0.2) is 46.1 Å². The number of hydrogen-bond acceptors (Lipinski definition) is 10. The molecule has 2 saturated heterocycles. The van der Waals surface area contributed by atoms with Crippen LogP contribution < -0.4 is 30.3 Å². The molecule has 2 fully saturated rings. The van der Waals surface area contributed by atoms with E-state index in [0.717, 1.165) is 30.0 Å². The van der Waals surface area contributed by atoms with Crippen LogP contribution in [0.25, 0.3) is 0 Å². The zero-order valence-electron chi connectivity index (χ0n) is 29.3. The van der Waals surface area contributed by atoms with E-state index in [1.807, 2.05) is 13.8 Å². The molecule has 4 aromatic rings. The summed E-state index contributed by atoms with van der Waals surface area (Å²) in [6.07, 6.45) is -0.559. The van der Waals surface area contributed by atoms with Crippen LogP contribution in [0, 0.1) is 11.6 Å². The molecule has 0 aliphatic carbocycles. The fourth-order valence-electron chi connectivity index (χ4n) is 5.41. The van der Waals surface area contributed by atoms with E-state index < -0.39 is 36.0 Å². The quantitative estimate of drug-likeness (QED) is 0.123. The van der Waals surface area contributed by atoms with E-state index in [1.165, 1.54) is 41.0 Å². The highest BCUT2D eigenvalue weighted by molar-refractivity contribution is 5.90. The van der Waals surface area contributed by atoms with Crippen molar-refractivity contribution < 1.29 is 52.3 Å². The Morgan fingerprint density at radius 1 is 0.759 bits per heavy atom. The number of anilines is 2. The smallest absolute Gasteiger partial charge is 0.414 e. The number of benzene rings is 4. The van der Waals surface area contributed by atoms with Crippen molar-refractivity contribution in [3.8, 4) is 34.5 Å². The number of cyclic esters (lactones) is 2. The average molecular weight is 751 g/mol. The molecule has 13 nitrogen and oxygen atoms in total. The van der Waals surface area contributed by atoms with Crippen molar-refractivity contribution in [3.63, 3.8) is 0 Å². The lowest BCUT2D eigenvalue weighted by Crippen LogP contribution is -2.33. The van der Waals surface area contributed by atoms with Crippen LogP contribution in [-0.2, 0) is 27.1 Å². The van der Waals surface area contributed by atoms with Gasteiger partial charge in [0.05, 0.1) is 31.0 Å². The van der Waals surface area contributed by atoms with E-state index in [9.17, 15) is 33.4 Å². The molecule has 6 rings (SSSR count). The van der Waals surface area contributed by atoms with E-state index in [1.54, 1.807) is 42.5 Å². The second-order valence-electron chi connectivity index (χ2n) is 12.2. The largest absolute Gasteiger partial charge is 0.504 e. The summed E-state index contributed by atoms with van der Waals surface area (Å²) in [5, 5.41) is 22.6. The molecular weight excluding hydrogens is 706 g/mol. The number of carbonyl (C=O) groups is 3. The highest BCUT2D eigenvalue weighted by Crippen LogP contribution is 2.36. The van der Waals surface area contributed by atoms with Crippen LogP contribution >= 0.6 is 0 Å². The number of nitrogens with zero attached hydrogens (tertiary/aromatic N) is 2. The number of nitrogens with one attached hydrogen (secondary N) is 1. The second kappa shape index (κ2) is 18.1. The summed E-state index contributed by atoms with van der Waals surface area (Å²) < 4.78 is 50.0. The first-order valence-corrected chi connectivity index (χ1v) is 16.9. The van der Waals surface area contributed by atoms with Crippen LogP contribution in [-0.4, -0.2) is 66.7 Å². The summed E-state index contributed by atoms with van der Waals surface area (Å²) in [6.45, 7) is 6.15. The zero-order chi connectivity index (χ0) is 38.2. The van der Waals surface area contributed by atoms with Crippen molar-refractivity contribution in [1.29, 1.82) is 0 Å². The number of carbonyl (C=O) groups excluding carboxylic acids is 3. The van der Waals surface area contributed by atoms with E-state index in [4.69, 9.17) is 24.7 Å². The van der Waals surface area contributed by atoms with Gasteiger partial charge in [-0.15, -0.1) is 0 Å². The Kier molecular flexibility index (Phi) is 13.6. The summed E-state index contributed by atoms with van der Waals surface area (Å²) in [4.78, 5) is 37.4. The summed E-state index contributed by atoms with van der Waals surface area (Å²) in [5.41, 5.74) is 8.04. The maximum atomic E-state index is 14.5. The molecule has 5 N–H and O–H groups in total. The molecular formula is C39H44F2N4O9. The fraction of sp³-hybridized carbons (Fsp3) is 0.308. The first-order valence-electron chi connectivity index (χ1n) is 16.9. The Balaban J connectivity index is 0.000000238. The monoisotopic (exact) mass is 750 g/mol. The van der Waals surface area contributed by atoms with Crippen molar-refractivity contribution >= 4 is 29.5 Å². The summed E-state index contributed by atoms with van der Waals surface area (Å²) in [7, 11) is 0. The van der Waals surface area contributed by atoms with Gasteiger partial charge in [-0.25, -0.2) is 18.4 Å². The second-order valence-corrected chi connectivity index (χ2v) is 12.2. The normalized spacial score (nSPS) is 16.1. The molecule has 0 aromatic heterocycles. The number of aromatic hydroxyl groups is 2. The van der Waals surface area contributed by atoms with Gasteiger partial charge in [0, 0.05) is 25.6 Å². The minimum Gasteiger partial charge on any atom is -0.504 e. The molecule has 0 radical (unpaired) electrons. The Bertz CT molecular complexity index is 1980. The van der Waals surface area contributed by atoms with E-state index >= 15 is 0 Å². The Labute approximate surface area is 311 Å². The molecule has 2 atom stereocenters. The molecule has 2 heterocycles. The van der Waals surface area contributed by atoms with Gasteiger partial charge in [0.25, 0.3) is 0 Å². The van der Waals surface area contributed by atoms with Gasteiger partial charge in [0.1, 0.15) is 12.2 Å². The van der Waals surface area contributed by atoms with Gasteiger partial charge in [-0.2, -0.15) is 0 Å². The van der Waals surface area contributed by atoms with Crippen molar-refractivity contribution in [1.82, 2.24) is 5.32 Å². The van der Waals surface area contributed by atoms with Gasteiger partial charge in [0.2, 0.25) is 5.91 Å². The van der Waals surface area contributed by atoms with Crippen LogP contribution in [0.2, 0.25) is 0 Å². The standard InChI is InChI=1S/C20H21FN2O5.C18H19FN2O4.CH4/c1-3-13-4-6-19(17(25)8-13)28-18-7-5-14(9-16(18)21)23-11-15(27-20(23)26)10-22-12(2)24;1-2-11-3-5-17(15(22)7-11)25-16-6-4-12(8-14(16)19)21-10-13(9-20)24-18(21)23;/h4-9,15,25H,3,10-11H2,1-2H3,(H,22,24);3-8,13,22H,2,9-10,20H2,1H3;1H4. The highest BCUT2D eigenvalue weighted by Gasteiger charge is 2.33. The number of phenols is 2. The lowest BCUT2D eigenvalue weighted by Gasteiger charge is -2.15. The summed E-state index contributed by atoms with van der Waals surface area (Å²) in [5.74, 6) is -1.53. The highest BCUT2D eigenvalue weighted by atomic mass is 19.1. The van der Waals surface area contributed by atoms with Gasteiger partial charge in [-0.1, -0.05) is 33.4 Å². The lowest BCUT2D eigenvalue weighted by molar-refractivity contribution is -0.119. The van der Waals surface area contributed by atoms with Crippen LogP contribution in [0.5, 0.6) is 34.5 Å². The summed E-state index contributed by atoms with van der Waals surface area (Å²) >= 11 is 0. The minimum absolute atomic E-state index is 0. The average Bonchev–Trinajstić information content (AvgIpc) is 3.72. The van der Waals surface area contributed by atoms with Gasteiger partial charge < -0.3 is 40.2 Å². The molecule has 288 valence electrons.